The summed E-state index contributed by atoms with van der Waals surface area (Å²) in [6.07, 6.45) is 3.42. The number of nitrogens with zero attached hydrogens (tertiary/aromatic N) is 1. The van der Waals surface area contributed by atoms with Crippen LogP contribution in [-0.4, -0.2) is 17.7 Å². The van der Waals surface area contributed by atoms with Gasteiger partial charge in [-0.05, 0) is 47.7 Å². The third kappa shape index (κ3) is 4.36. The van der Waals surface area contributed by atoms with Crippen molar-refractivity contribution in [3.63, 3.8) is 0 Å². The maximum absolute atomic E-state index is 13.6. The molecule has 6 heteroatoms. The molecule has 0 radical (unpaired) electrons. The van der Waals surface area contributed by atoms with Crippen LogP contribution in [0.4, 0.5) is 10.1 Å². The van der Waals surface area contributed by atoms with Gasteiger partial charge in [-0.25, -0.2) is 9.38 Å². The molecule has 0 atom stereocenters. The Labute approximate surface area is 149 Å². The minimum atomic E-state index is -0.433. The molecule has 126 valence electrons. The Morgan fingerprint density at radius 2 is 1.96 bits per heavy atom. The summed E-state index contributed by atoms with van der Waals surface area (Å²) < 4.78 is 19.1. The Morgan fingerprint density at radius 1 is 1.20 bits per heavy atom. The van der Waals surface area contributed by atoms with Crippen molar-refractivity contribution in [1.82, 2.24) is 5.32 Å². The van der Waals surface area contributed by atoms with Crippen LogP contribution in [0.3, 0.4) is 0 Å². The van der Waals surface area contributed by atoms with E-state index in [1.165, 1.54) is 17.8 Å². The number of amidine groups is 1. The second kappa shape index (κ2) is 7.81. The first-order valence-corrected chi connectivity index (χ1v) is 8.35. The van der Waals surface area contributed by atoms with Gasteiger partial charge in [0, 0.05) is 0 Å². The topological polar surface area (TPSA) is 50.7 Å². The Bertz CT molecular complexity index is 860. The van der Waals surface area contributed by atoms with Crippen LogP contribution in [0.25, 0.3) is 6.08 Å². The van der Waals surface area contributed by atoms with E-state index in [2.05, 4.69) is 16.9 Å². The normalized spacial score (nSPS) is 16.9. The molecule has 1 saturated heterocycles. The summed E-state index contributed by atoms with van der Waals surface area (Å²) in [7, 11) is 0. The molecule has 25 heavy (non-hydrogen) atoms. The number of halogens is 1. The Hall–Kier alpha value is -2.86. The van der Waals surface area contributed by atoms with Crippen LogP contribution < -0.4 is 10.1 Å². The number of nitrogens with one attached hydrogen (secondary N) is 1. The van der Waals surface area contributed by atoms with Crippen molar-refractivity contribution in [1.29, 1.82) is 0 Å². The lowest BCUT2D eigenvalue weighted by molar-refractivity contribution is -0.115. The maximum atomic E-state index is 13.6. The van der Waals surface area contributed by atoms with E-state index < -0.39 is 5.82 Å². The molecular weight excluding hydrogens is 339 g/mol. The summed E-state index contributed by atoms with van der Waals surface area (Å²) in [6.45, 7) is 4.04. The lowest BCUT2D eigenvalue weighted by atomic mass is 10.2. The zero-order valence-electron chi connectivity index (χ0n) is 13.2. The lowest BCUT2D eigenvalue weighted by Gasteiger charge is -2.03. The highest BCUT2D eigenvalue weighted by molar-refractivity contribution is 8.18. The fourth-order valence-electron chi connectivity index (χ4n) is 2.10. The summed E-state index contributed by atoms with van der Waals surface area (Å²) in [4.78, 5) is 16.7. The van der Waals surface area contributed by atoms with Crippen molar-refractivity contribution < 1.29 is 13.9 Å². The number of hydrogen-bond donors (Lipinski definition) is 1. The van der Waals surface area contributed by atoms with Gasteiger partial charge in [-0.1, -0.05) is 36.9 Å². The maximum Gasteiger partial charge on any atom is 0.264 e. The van der Waals surface area contributed by atoms with Crippen LogP contribution in [0.1, 0.15) is 5.56 Å². The minimum absolute atomic E-state index is 0.190. The van der Waals surface area contributed by atoms with Crippen molar-refractivity contribution in [3.05, 3.63) is 77.5 Å². The Kier molecular flexibility index (Phi) is 5.30. The van der Waals surface area contributed by atoms with E-state index in [9.17, 15) is 9.18 Å². The van der Waals surface area contributed by atoms with Crippen LogP contribution in [0.2, 0.25) is 0 Å². The van der Waals surface area contributed by atoms with Gasteiger partial charge >= 0.3 is 0 Å². The van der Waals surface area contributed by atoms with Crippen molar-refractivity contribution in [2.45, 2.75) is 0 Å². The molecule has 0 unspecified atom stereocenters. The van der Waals surface area contributed by atoms with Gasteiger partial charge in [-0.15, -0.1) is 0 Å². The number of ether oxygens (including phenoxy) is 1. The molecule has 0 saturated carbocycles. The van der Waals surface area contributed by atoms with Crippen LogP contribution in [0, 0.1) is 5.82 Å². The quantitative estimate of drug-likeness (QED) is 0.644. The van der Waals surface area contributed by atoms with Crippen LogP contribution >= 0.6 is 11.8 Å². The predicted molar refractivity (Wildman–Crippen MR) is 99.3 cm³/mol. The molecule has 2 aromatic carbocycles. The third-order valence-corrected chi connectivity index (χ3v) is 4.18. The number of amides is 1. The summed E-state index contributed by atoms with van der Waals surface area (Å²) in [6, 6.07) is 13.5. The van der Waals surface area contributed by atoms with Crippen molar-refractivity contribution in [2.24, 2.45) is 4.99 Å². The number of hydrogen-bond acceptors (Lipinski definition) is 4. The van der Waals surface area contributed by atoms with Gasteiger partial charge in [0.05, 0.1) is 4.91 Å². The Balaban J connectivity index is 1.75. The highest BCUT2D eigenvalue weighted by Crippen LogP contribution is 2.29. The van der Waals surface area contributed by atoms with Gasteiger partial charge in [-0.2, -0.15) is 0 Å². The standard InChI is InChI=1S/C19H15FN2O2S/c1-2-11-24-14-9-7-13(8-10-14)12-17-18(23)22-19(25-17)21-16-6-4-3-5-15(16)20/h2-10,12H,1,11H2,(H,21,22,23). The lowest BCUT2D eigenvalue weighted by Crippen LogP contribution is -2.19. The van der Waals surface area contributed by atoms with Gasteiger partial charge in [0.1, 0.15) is 23.9 Å². The van der Waals surface area contributed by atoms with E-state index in [0.717, 1.165) is 11.3 Å². The van der Waals surface area contributed by atoms with E-state index in [0.29, 0.717) is 16.7 Å². The summed E-state index contributed by atoms with van der Waals surface area (Å²) in [5, 5.41) is 3.00. The highest BCUT2D eigenvalue weighted by Gasteiger charge is 2.24. The zero-order valence-corrected chi connectivity index (χ0v) is 14.1. The molecule has 1 aliphatic heterocycles. The van der Waals surface area contributed by atoms with E-state index >= 15 is 0 Å². The molecule has 0 bridgehead atoms. The molecule has 3 rings (SSSR count). The molecule has 1 aliphatic rings. The Morgan fingerprint density at radius 3 is 2.68 bits per heavy atom. The van der Waals surface area contributed by atoms with E-state index in [4.69, 9.17) is 4.74 Å². The van der Waals surface area contributed by atoms with Crippen molar-refractivity contribution in [3.8, 4) is 5.75 Å². The second-order valence-electron chi connectivity index (χ2n) is 5.10. The predicted octanol–water partition coefficient (Wildman–Crippen LogP) is 4.28. The van der Waals surface area contributed by atoms with Crippen LogP contribution in [0.15, 0.2) is 71.1 Å². The summed E-state index contributed by atoms with van der Waals surface area (Å²) >= 11 is 1.17. The third-order valence-electron chi connectivity index (χ3n) is 3.27. The zero-order chi connectivity index (χ0) is 17.6. The average Bonchev–Trinajstić information content (AvgIpc) is 2.95. The molecule has 1 heterocycles. The molecule has 1 amide bonds. The minimum Gasteiger partial charge on any atom is -0.490 e. The van der Waals surface area contributed by atoms with Crippen LogP contribution in [0.5, 0.6) is 5.75 Å². The molecule has 0 spiro atoms. The first-order chi connectivity index (χ1) is 12.2. The van der Waals surface area contributed by atoms with Gasteiger partial charge in [-0.3, -0.25) is 4.79 Å². The first kappa shape index (κ1) is 17.0. The first-order valence-electron chi connectivity index (χ1n) is 7.53. The number of rotatable bonds is 5. The van der Waals surface area contributed by atoms with Gasteiger partial charge in [0.15, 0.2) is 5.17 Å². The second-order valence-corrected chi connectivity index (χ2v) is 6.13. The smallest absolute Gasteiger partial charge is 0.264 e. The van der Waals surface area contributed by atoms with E-state index in [-0.39, 0.29) is 11.6 Å². The number of para-hydroxylation sites is 1. The molecule has 0 aliphatic carbocycles. The fraction of sp³-hybridized carbons (Fsp3) is 0.0526. The molecule has 0 aromatic heterocycles. The molecule has 1 fully saturated rings. The summed E-state index contributed by atoms with van der Waals surface area (Å²) in [5.41, 5.74) is 1.05. The van der Waals surface area contributed by atoms with E-state index in [1.807, 2.05) is 24.3 Å². The molecular formula is C19H15FN2O2S. The van der Waals surface area contributed by atoms with Crippen molar-refractivity contribution in [2.75, 3.05) is 6.61 Å². The fourth-order valence-corrected chi connectivity index (χ4v) is 2.93. The monoisotopic (exact) mass is 354 g/mol. The summed E-state index contributed by atoms with van der Waals surface area (Å²) in [5.74, 6) is 0.0387. The molecule has 4 nitrogen and oxygen atoms in total. The highest BCUT2D eigenvalue weighted by atomic mass is 32.2. The average molecular weight is 354 g/mol. The van der Waals surface area contributed by atoms with E-state index in [1.54, 1.807) is 30.4 Å². The number of carbonyl (C=O) groups is 1. The largest absolute Gasteiger partial charge is 0.490 e. The number of aliphatic imine (C=N–C) groups is 1. The van der Waals surface area contributed by atoms with Crippen LogP contribution in [-0.2, 0) is 4.79 Å². The molecule has 2 aromatic rings. The van der Waals surface area contributed by atoms with Gasteiger partial charge < -0.3 is 10.1 Å². The number of benzene rings is 2. The van der Waals surface area contributed by atoms with Crippen molar-refractivity contribution >= 4 is 34.6 Å². The van der Waals surface area contributed by atoms with Gasteiger partial charge in [0.25, 0.3) is 5.91 Å². The molecule has 1 N–H and O–H groups in total. The van der Waals surface area contributed by atoms with Gasteiger partial charge in [0.2, 0.25) is 0 Å². The SMILES string of the molecule is C=CCOc1ccc(C=C2SC(=Nc3ccccc3F)NC2=O)cc1. The number of carbonyl (C=O) groups excluding carboxylic acids is 1. The number of thioether (sulfide) groups is 1.